The van der Waals surface area contributed by atoms with Crippen molar-refractivity contribution in [1.82, 2.24) is 4.98 Å². The van der Waals surface area contributed by atoms with E-state index in [0.717, 1.165) is 28.6 Å². The number of carbonyl (C=O) groups excluding carboxylic acids is 1. The molecule has 1 aliphatic carbocycles. The summed E-state index contributed by atoms with van der Waals surface area (Å²) in [6, 6.07) is 17.2. The topological polar surface area (TPSA) is 77.6 Å². The number of hydrogen-bond acceptors (Lipinski definition) is 4. The number of nitrogens with two attached hydrogens (primary N) is 1. The highest BCUT2D eigenvalue weighted by atomic mass is 35.5. The predicted molar refractivity (Wildman–Crippen MR) is 134 cm³/mol. The summed E-state index contributed by atoms with van der Waals surface area (Å²) in [5.41, 5.74) is 8.17. The first-order valence-electron chi connectivity index (χ1n) is 11.7. The maximum atomic E-state index is 11.7. The summed E-state index contributed by atoms with van der Waals surface area (Å²) < 4.78 is 5.97. The maximum absolute atomic E-state index is 11.7. The number of pyridine rings is 1. The fourth-order valence-corrected chi connectivity index (χ4v) is 5.43. The van der Waals surface area contributed by atoms with E-state index < -0.39 is 5.91 Å². The van der Waals surface area contributed by atoms with Crippen LogP contribution in [0, 0.1) is 11.3 Å². The molecule has 5 rings (SSSR count). The van der Waals surface area contributed by atoms with Crippen LogP contribution < -0.4 is 21.2 Å². The van der Waals surface area contributed by atoms with E-state index in [1.165, 1.54) is 12.0 Å². The highest BCUT2D eigenvalue weighted by molar-refractivity contribution is 6.30. The van der Waals surface area contributed by atoms with Gasteiger partial charge in [-0.2, -0.15) is 0 Å². The smallest absolute Gasteiger partial charge is 0.252 e. The molecule has 1 amide bonds. The third-order valence-corrected chi connectivity index (χ3v) is 7.30. The highest BCUT2D eigenvalue weighted by Gasteiger charge is 2.39. The van der Waals surface area contributed by atoms with Crippen LogP contribution in [-0.4, -0.2) is 16.9 Å². The van der Waals surface area contributed by atoms with Crippen LogP contribution in [0.4, 0.5) is 0 Å². The van der Waals surface area contributed by atoms with Crippen LogP contribution in [0.15, 0.2) is 65.8 Å². The van der Waals surface area contributed by atoms with Gasteiger partial charge >= 0.3 is 0 Å². The van der Waals surface area contributed by atoms with Crippen LogP contribution in [0.2, 0.25) is 5.02 Å². The normalized spacial score (nSPS) is 22.9. The van der Waals surface area contributed by atoms with Gasteiger partial charge in [0.1, 0.15) is 11.5 Å². The summed E-state index contributed by atoms with van der Waals surface area (Å²) in [6.07, 6.45) is 7.25. The molecule has 2 heterocycles. The minimum absolute atomic E-state index is 0.0624. The largest absolute Gasteiger partial charge is 0.455 e. The van der Waals surface area contributed by atoms with Crippen molar-refractivity contribution >= 4 is 23.6 Å². The van der Waals surface area contributed by atoms with Gasteiger partial charge in [-0.25, -0.2) is 4.98 Å². The summed E-state index contributed by atoms with van der Waals surface area (Å²) in [5.74, 6) is 1.24. The Bertz CT molecular complexity index is 1350. The quantitative estimate of drug-likeness (QED) is 0.565. The zero-order chi connectivity index (χ0) is 23.9. The molecule has 1 fully saturated rings. The molecule has 1 saturated carbocycles. The Morgan fingerprint density at radius 1 is 1.15 bits per heavy atom. The average molecular weight is 474 g/mol. The Labute approximate surface area is 204 Å². The van der Waals surface area contributed by atoms with Crippen molar-refractivity contribution in [2.45, 2.75) is 45.1 Å². The number of nitrogens with zero attached hydrogens (tertiary/aromatic N) is 2. The number of fused-ring (bicyclic) bond motifs is 1. The first-order chi connectivity index (χ1) is 16.3. The standard InChI is InChI=1S/C28H28ClN3O2/c1-28(2)12-11-21(23(15-28)17-7-9-19(29)10-8-17)24-14-18-13-20(16-31-27(18)32-24)34-25-6-4-3-5-22(25)26(30)33/h3-10,13-14,16,21,23-24H,11-12,15H2,1-2H3,(H2,30,33). The van der Waals surface area contributed by atoms with Gasteiger partial charge in [0.25, 0.3) is 5.91 Å². The molecule has 3 aromatic rings. The van der Waals surface area contributed by atoms with Gasteiger partial charge in [0.2, 0.25) is 0 Å². The molecule has 3 unspecified atom stereocenters. The van der Waals surface area contributed by atoms with Crippen molar-refractivity contribution in [3.05, 3.63) is 87.7 Å². The zero-order valence-corrected chi connectivity index (χ0v) is 20.1. The van der Waals surface area contributed by atoms with E-state index in [1.807, 2.05) is 24.3 Å². The number of rotatable bonds is 5. The Balaban J connectivity index is 1.44. The molecule has 34 heavy (non-hydrogen) atoms. The zero-order valence-electron chi connectivity index (χ0n) is 19.4. The first kappa shape index (κ1) is 22.6. The van der Waals surface area contributed by atoms with Crippen LogP contribution in [0.3, 0.4) is 0 Å². The van der Waals surface area contributed by atoms with Crippen LogP contribution in [0.5, 0.6) is 11.5 Å². The van der Waals surface area contributed by atoms with E-state index in [1.54, 1.807) is 24.4 Å². The molecule has 3 atom stereocenters. The number of carbonyl (C=O) groups is 1. The second-order valence-corrected chi connectivity index (χ2v) is 10.5. The number of hydrogen-bond donors (Lipinski definition) is 1. The van der Waals surface area contributed by atoms with Gasteiger partial charge in [0.05, 0.1) is 17.8 Å². The molecule has 5 nitrogen and oxygen atoms in total. The lowest BCUT2D eigenvalue weighted by Crippen LogP contribution is -2.33. The van der Waals surface area contributed by atoms with Gasteiger partial charge in [-0.3, -0.25) is 9.79 Å². The van der Waals surface area contributed by atoms with Crippen LogP contribution >= 0.6 is 11.6 Å². The molecule has 6 heteroatoms. The van der Waals surface area contributed by atoms with E-state index in [-0.39, 0.29) is 6.04 Å². The molecule has 1 aliphatic heterocycles. The fourth-order valence-electron chi connectivity index (χ4n) is 5.30. The van der Waals surface area contributed by atoms with Gasteiger partial charge in [-0.1, -0.05) is 49.7 Å². The lowest BCUT2D eigenvalue weighted by molar-refractivity contribution is 0.0998. The summed E-state index contributed by atoms with van der Waals surface area (Å²) in [4.78, 5) is 21.3. The van der Waals surface area contributed by atoms with Gasteiger partial charge in [-0.05, 0) is 78.5 Å². The number of primary amides is 1. The van der Waals surface area contributed by atoms with Crippen molar-refractivity contribution in [2.24, 2.45) is 22.1 Å². The van der Waals surface area contributed by atoms with E-state index in [9.17, 15) is 4.79 Å². The summed E-state index contributed by atoms with van der Waals surface area (Å²) in [6.45, 7) is 4.71. The average Bonchev–Trinajstić information content (AvgIpc) is 3.22. The molecule has 2 N–H and O–H groups in total. The minimum Gasteiger partial charge on any atom is -0.455 e. The number of halogens is 1. The highest BCUT2D eigenvalue weighted by Crippen LogP contribution is 2.49. The third kappa shape index (κ3) is 4.58. The number of ether oxygens (including phenoxy) is 1. The van der Waals surface area contributed by atoms with Gasteiger partial charge in [0, 0.05) is 10.2 Å². The summed E-state index contributed by atoms with van der Waals surface area (Å²) >= 11 is 6.16. The van der Waals surface area contributed by atoms with E-state index in [0.29, 0.717) is 34.3 Å². The minimum atomic E-state index is -0.528. The van der Waals surface area contributed by atoms with Crippen molar-refractivity contribution in [3.63, 3.8) is 0 Å². The Morgan fingerprint density at radius 2 is 1.91 bits per heavy atom. The first-order valence-corrected chi connectivity index (χ1v) is 12.0. The second-order valence-electron chi connectivity index (χ2n) is 10.1. The van der Waals surface area contributed by atoms with Crippen molar-refractivity contribution < 1.29 is 9.53 Å². The second kappa shape index (κ2) is 8.88. The summed E-state index contributed by atoms with van der Waals surface area (Å²) in [5, 5.41) is 1.72. The van der Waals surface area contributed by atoms with E-state index in [4.69, 9.17) is 27.1 Å². The molecular formula is C28H28ClN3O2. The Hall–Kier alpha value is -3.18. The number of amides is 1. The Kier molecular flexibility index (Phi) is 5.90. The Morgan fingerprint density at radius 3 is 2.68 bits per heavy atom. The van der Waals surface area contributed by atoms with E-state index >= 15 is 0 Å². The molecule has 0 spiro atoms. The van der Waals surface area contributed by atoms with Crippen molar-refractivity contribution in [3.8, 4) is 11.5 Å². The lowest BCUT2D eigenvalue weighted by Gasteiger charge is -2.42. The van der Waals surface area contributed by atoms with Gasteiger partial charge in [0.15, 0.2) is 5.49 Å². The fraction of sp³-hybridized carbons (Fsp3) is 0.321. The maximum Gasteiger partial charge on any atom is 0.252 e. The monoisotopic (exact) mass is 473 g/mol. The summed E-state index contributed by atoms with van der Waals surface area (Å²) in [7, 11) is 0. The molecule has 2 aliphatic rings. The molecule has 1 aromatic heterocycles. The number of benzene rings is 2. The molecule has 0 bridgehead atoms. The van der Waals surface area contributed by atoms with Gasteiger partial charge in [-0.15, -0.1) is 0 Å². The van der Waals surface area contributed by atoms with Crippen molar-refractivity contribution in [2.75, 3.05) is 0 Å². The van der Waals surface area contributed by atoms with E-state index in [2.05, 4.69) is 37.0 Å². The molecular weight excluding hydrogens is 446 g/mol. The van der Waals surface area contributed by atoms with Crippen LogP contribution in [0.1, 0.15) is 54.9 Å². The molecule has 174 valence electrons. The van der Waals surface area contributed by atoms with Crippen molar-refractivity contribution in [1.29, 1.82) is 0 Å². The number of para-hydroxylation sites is 1. The SMILES string of the molecule is CC1(C)CCC(C2C=c3cc(Oc4ccccc4C(N)=O)cnc3=N2)C(c2ccc(Cl)cc2)C1. The molecule has 2 aromatic carbocycles. The number of aromatic nitrogens is 1. The van der Waals surface area contributed by atoms with Crippen LogP contribution in [-0.2, 0) is 0 Å². The van der Waals surface area contributed by atoms with Crippen LogP contribution in [0.25, 0.3) is 6.08 Å². The molecule has 0 saturated heterocycles. The lowest BCUT2D eigenvalue weighted by atomic mass is 9.63. The predicted octanol–water partition coefficient (Wildman–Crippen LogP) is 5.02. The molecule has 0 radical (unpaired) electrons. The van der Waals surface area contributed by atoms with Gasteiger partial charge < -0.3 is 10.5 Å². The third-order valence-electron chi connectivity index (χ3n) is 7.05.